The number of nitrogens with one attached hydrogen (secondary N) is 1. The predicted octanol–water partition coefficient (Wildman–Crippen LogP) is 3.23. The molecule has 0 aliphatic rings. The van der Waals surface area contributed by atoms with E-state index in [4.69, 9.17) is 4.74 Å². The predicted molar refractivity (Wildman–Crippen MR) is 85.3 cm³/mol. The smallest absolute Gasteiger partial charge is 0.234 e. The van der Waals surface area contributed by atoms with Gasteiger partial charge in [-0.05, 0) is 44.0 Å². The molecule has 21 heavy (non-hydrogen) atoms. The van der Waals surface area contributed by atoms with Crippen LogP contribution in [0.4, 0.5) is 0 Å². The van der Waals surface area contributed by atoms with Crippen LogP contribution >= 0.6 is 11.8 Å². The van der Waals surface area contributed by atoms with Crippen molar-refractivity contribution in [2.45, 2.75) is 43.4 Å². The second-order valence-corrected chi connectivity index (χ2v) is 6.81. The van der Waals surface area contributed by atoms with E-state index in [1.165, 1.54) is 11.8 Å². The van der Waals surface area contributed by atoms with E-state index in [1.807, 2.05) is 45.0 Å². The molecular weight excluding hydrogens is 284 g/mol. The van der Waals surface area contributed by atoms with Crippen molar-refractivity contribution >= 4 is 17.7 Å². The van der Waals surface area contributed by atoms with E-state index in [0.29, 0.717) is 0 Å². The van der Waals surface area contributed by atoms with Crippen molar-refractivity contribution in [2.75, 3.05) is 7.11 Å². The second-order valence-electron chi connectivity index (χ2n) is 5.39. The van der Waals surface area contributed by atoms with Crippen LogP contribution < -0.4 is 10.1 Å². The monoisotopic (exact) mass is 306 g/mol. The van der Waals surface area contributed by atoms with Crippen LogP contribution in [0.3, 0.4) is 0 Å². The maximum Gasteiger partial charge on any atom is 0.234 e. The van der Waals surface area contributed by atoms with Crippen LogP contribution in [0.2, 0.25) is 0 Å². The Morgan fingerprint density at radius 2 is 1.90 bits per heavy atom. The van der Waals surface area contributed by atoms with Crippen molar-refractivity contribution in [3.8, 4) is 11.8 Å². The Kier molecular flexibility index (Phi) is 6.10. The van der Waals surface area contributed by atoms with Gasteiger partial charge in [0.2, 0.25) is 5.91 Å². The van der Waals surface area contributed by atoms with E-state index < -0.39 is 5.54 Å². The molecule has 1 rings (SSSR count). The van der Waals surface area contributed by atoms with E-state index in [0.717, 1.165) is 10.6 Å². The average molecular weight is 306 g/mol. The molecule has 0 bridgehead atoms. The minimum atomic E-state index is -0.841. The number of hydrogen-bond acceptors (Lipinski definition) is 4. The number of amides is 1. The summed E-state index contributed by atoms with van der Waals surface area (Å²) in [6, 6.07) is 9.74. The van der Waals surface area contributed by atoms with E-state index in [9.17, 15) is 10.1 Å². The standard InChI is InChI=1S/C16H22N2O2S/c1-11(2)16(4,10-17)18-15(19)12(3)21-14-8-6-13(20-5)7-9-14/h6-9,11-12H,1-5H3,(H,18,19)/t12-,16+/m0/s1. The summed E-state index contributed by atoms with van der Waals surface area (Å²) in [4.78, 5) is 13.2. The number of ether oxygens (including phenoxy) is 1. The lowest BCUT2D eigenvalue weighted by atomic mass is 9.90. The van der Waals surface area contributed by atoms with Gasteiger partial charge in [-0.15, -0.1) is 11.8 Å². The molecule has 0 radical (unpaired) electrons. The number of carbonyl (C=O) groups is 1. The summed E-state index contributed by atoms with van der Waals surface area (Å²) in [5.74, 6) is 0.700. The molecule has 0 aliphatic carbocycles. The summed E-state index contributed by atoms with van der Waals surface area (Å²) in [5.41, 5.74) is -0.841. The SMILES string of the molecule is COc1ccc(S[C@@H](C)C(=O)N[C@](C)(C#N)C(C)C)cc1. The van der Waals surface area contributed by atoms with Crippen molar-refractivity contribution < 1.29 is 9.53 Å². The summed E-state index contributed by atoms with van der Waals surface area (Å²) in [5, 5.41) is 11.8. The number of nitrogens with zero attached hydrogens (tertiary/aromatic N) is 1. The number of hydrogen-bond donors (Lipinski definition) is 1. The Bertz CT molecular complexity index is 522. The van der Waals surface area contributed by atoms with Crippen LogP contribution in [0.25, 0.3) is 0 Å². The van der Waals surface area contributed by atoms with Crippen molar-refractivity contribution in [1.82, 2.24) is 5.32 Å². The van der Waals surface area contributed by atoms with Crippen LogP contribution in [0.15, 0.2) is 29.2 Å². The summed E-state index contributed by atoms with van der Waals surface area (Å²) in [6.07, 6.45) is 0. The van der Waals surface area contributed by atoms with Gasteiger partial charge in [0, 0.05) is 4.90 Å². The van der Waals surface area contributed by atoms with Crippen molar-refractivity contribution in [3.63, 3.8) is 0 Å². The summed E-state index contributed by atoms with van der Waals surface area (Å²) in [7, 11) is 1.62. The van der Waals surface area contributed by atoms with Gasteiger partial charge in [0.25, 0.3) is 0 Å². The number of nitriles is 1. The molecular formula is C16H22N2O2S. The van der Waals surface area contributed by atoms with Gasteiger partial charge in [0.15, 0.2) is 0 Å². The highest BCUT2D eigenvalue weighted by atomic mass is 32.2. The molecule has 0 aliphatic heterocycles. The quantitative estimate of drug-likeness (QED) is 0.820. The lowest BCUT2D eigenvalue weighted by Crippen LogP contribution is -2.51. The summed E-state index contributed by atoms with van der Waals surface area (Å²) in [6.45, 7) is 7.43. The third-order valence-corrected chi connectivity index (χ3v) is 4.62. The fourth-order valence-electron chi connectivity index (χ4n) is 1.57. The third kappa shape index (κ3) is 4.68. The highest BCUT2D eigenvalue weighted by Gasteiger charge is 2.31. The molecule has 5 heteroatoms. The molecule has 0 unspecified atom stereocenters. The average Bonchev–Trinajstić information content (AvgIpc) is 2.47. The normalized spacial score (nSPS) is 14.9. The zero-order valence-electron chi connectivity index (χ0n) is 13.1. The Labute approximate surface area is 130 Å². The van der Waals surface area contributed by atoms with E-state index >= 15 is 0 Å². The van der Waals surface area contributed by atoms with Crippen molar-refractivity contribution in [1.29, 1.82) is 5.26 Å². The molecule has 0 fully saturated rings. The molecule has 1 aromatic rings. The molecule has 0 spiro atoms. The van der Waals surface area contributed by atoms with E-state index in [2.05, 4.69) is 11.4 Å². The largest absolute Gasteiger partial charge is 0.497 e. The Balaban J connectivity index is 2.68. The Hall–Kier alpha value is -1.67. The fourth-order valence-corrected chi connectivity index (χ4v) is 2.44. The molecule has 1 aromatic carbocycles. The highest BCUT2D eigenvalue weighted by Crippen LogP contribution is 2.26. The van der Waals surface area contributed by atoms with Gasteiger partial charge >= 0.3 is 0 Å². The molecule has 4 nitrogen and oxygen atoms in total. The Morgan fingerprint density at radius 3 is 2.33 bits per heavy atom. The number of thioether (sulfide) groups is 1. The first-order valence-electron chi connectivity index (χ1n) is 6.86. The van der Waals surface area contributed by atoms with E-state index in [-0.39, 0.29) is 17.1 Å². The molecule has 1 amide bonds. The number of rotatable bonds is 6. The van der Waals surface area contributed by atoms with Gasteiger partial charge in [-0.25, -0.2) is 0 Å². The molecule has 0 aromatic heterocycles. The number of carbonyl (C=O) groups excluding carboxylic acids is 1. The minimum Gasteiger partial charge on any atom is -0.497 e. The first-order chi connectivity index (χ1) is 9.82. The number of benzene rings is 1. The van der Waals surface area contributed by atoms with Crippen LogP contribution in [-0.2, 0) is 4.79 Å². The minimum absolute atomic E-state index is 0.0460. The lowest BCUT2D eigenvalue weighted by Gasteiger charge is -2.28. The molecule has 0 saturated heterocycles. The lowest BCUT2D eigenvalue weighted by molar-refractivity contribution is -0.121. The zero-order valence-corrected chi connectivity index (χ0v) is 14.0. The van der Waals surface area contributed by atoms with Crippen LogP contribution in [-0.4, -0.2) is 23.8 Å². The van der Waals surface area contributed by atoms with Gasteiger partial charge in [-0.1, -0.05) is 13.8 Å². The van der Waals surface area contributed by atoms with Gasteiger partial charge in [0.05, 0.1) is 18.4 Å². The molecule has 0 heterocycles. The molecule has 114 valence electrons. The topological polar surface area (TPSA) is 62.1 Å². The van der Waals surface area contributed by atoms with E-state index in [1.54, 1.807) is 14.0 Å². The maximum absolute atomic E-state index is 12.2. The summed E-state index contributed by atoms with van der Waals surface area (Å²) >= 11 is 1.46. The fraction of sp³-hybridized carbons (Fsp3) is 0.500. The van der Waals surface area contributed by atoms with Crippen LogP contribution in [0, 0.1) is 17.2 Å². The maximum atomic E-state index is 12.2. The number of methoxy groups -OCH3 is 1. The molecule has 2 atom stereocenters. The summed E-state index contributed by atoms with van der Waals surface area (Å²) < 4.78 is 5.10. The van der Waals surface area contributed by atoms with Crippen LogP contribution in [0.1, 0.15) is 27.7 Å². The van der Waals surface area contributed by atoms with Gasteiger partial charge in [-0.3, -0.25) is 4.79 Å². The molecule has 0 saturated carbocycles. The second kappa shape index (κ2) is 7.37. The van der Waals surface area contributed by atoms with Gasteiger partial charge in [-0.2, -0.15) is 5.26 Å². The highest BCUT2D eigenvalue weighted by molar-refractivity contribution is 8.00. The first-order valence-corrected chi connectivity index (χ1v) is 7.74. The zero-order chi connectivity index (χ0) is 16.0. The van der Waals surface area contributed by atoms with Gasteiger partial charge < -0.3 is 10.1 Å². The molecule has 1 N–H and O–H groups in total. The Morgan fingerprint density at radius 1 is 1.33 bits per heavy atom. The third-order valence-electron chi connectivity index (χ3n) is 3.51. The van der Waals surface area contributed by atoms with Crippen molar-refractivity contribution in [3.05, 3.63) is 24.3 Å². The first kappa shape index (κ1) is 17.4. The van der Waals surface area contributed by atoms with Gasteiger partial charge in [0.1, 0.15) is 11.3 Å². The van der Waals surface area contributed by atoms with Crippen LogP contribution in [0.5, 0.6) is 5.75 Å². The van der Waals surface area contributed by atoms with Crippen molar-refractivity contribution in [2.24, 2.45) is 5.92 Å².